The van der Waals surface area contributed by atoms with Crippen LogP contribution in [0.2, 0.25) is 0 Å². The Kier molecular flexibility index (Phi) is 2.02. The molecule has 3 aliphatic rings. The van der Waals surface area contributed by atoms with Crippen molar-refractivity contribution < 1.29 is 18.6 Å². The number of ether oxygens (including phenoxy) is 3. The standard InChI is InChI=1S/C11H11FO3/c12-10-3-1-9(2-4-10)11-13-5-8(6-14-11)7-15-11/h1-4,8H,5-7H2. The van der Waals surface area contributed by atoms with E-state index < -0.39 is 5.97 Å². The number of benzene rings is 1. The first-order valence-corrected chi connectivity index (χ1v) is 4.96. The molecule has 1 aromatic carbocycles. The van der Waals surface area contributed by atoms with E-state index in [-0.39, 0.29) is 5.82 Å². The van der Waals surface area contributed by atoms with Crippen LogP contribution in [-0.4, -0.2) is 19.8 Å². The summed E-state index contributed by atoms with van der Waals surface area (Å²) >= 11 is 0. The average molecular weight is 210 g/mol. The molecule has 3 aliphatic heterocycles. The second-order valence-electron chi connectivity index (χ2n) is 3.86. The van der Waals surface area contributed by atoms with Gasteiger partial charge in [-0.05, 0) is 24.3 Å². The lowest BCUT2D eigenvalue weighted by molar-refractivity contribution is -0.460. The van der Waals surface area contributed by atoms with Gasteiger partial charge >= 0.3 is 5.97 Å². The van der Waals surface area contributed by atoms with Gasteiger partial charge in [0.2, 0.25) is 0 Å². The Balaban J connectivity index is 1.94. The Morgan fingerprint density at radius 3 is 2.07 bits per heavy atom. The third-order valence-corrected chi connectivity index (χ3v) is 2.72. The van der Waals surface area contributed by atoms with Gasteiger partial charge < -0.3 is 14.2 Å². The molecule has 4 heteroatoms. The van der Waals surface area contributed by atoms with E-state index in [1.807, 2.05) is 0 Å². The van der Waals surface area contributed by atoms with Crippen molar-refractivity contribution in [3.8, 4) is 0 Å². The zero-order valence-corrected chi connectivity index (χ0v) is 8.11. The van der Waals surface area contributed by atoms with E-state index in [1.165, 1.54) is 12.1 Å². The van der Waals surface area contributed by atoms with Gasteiger partial charge in [-0.3, -0.25) is 0 Å². The second kappa shape index (κ2) is 3.27. The fourth-order valence-corrected chi connectivity index (χ4v) is 1.86. The predicted octanol–water partition coefficient (Wildman–Crippen LogP) is 1.63. The van der Waals surface area contributed by atoms with Crippen LogP contribution in [0.3, 0.4) is 0 Å². The van der Waals surface area contributed by atoms with Crippen LogP contribution < -0.4 is 0 Å². The van der Waals surface area contributed by atoms with Gasteiger partial charge in [0.15, 0.2) is 0 Å². The van der Waals surface area contributed by atoms with E-state index in [2.05, 4.69) is 0 Å². The smallest absolute Gasteiger partial charge is 0.312 e. The minimum Gasteiger partial charge on any atom is -0.323 e. The highest BCUT2D eigenvalue weighted by Gasteiger charge is 2.46. The van der Waals surface area contributed by atoms with E-state index in [9.17, 15) is 4.39 Å². The van der Waals surface area contributed by atoms with Crippen LogP contribution in [-0.2, 0) is 20.2 Å². The molecule has 0 saturated carbocycles. The predicted molar refractivity (Wildman–Crippen MR) is 49.4 cm³/mol. The number of rotatable bonds is 1. The molecule has 3 fully saturated rings. The zero-order chi connectivity index (χ0) is 10.3. The fraction of sp³-hybridized carbons (Fsp3) is 0.455. The summed E-state index contributed by atoms with van der Waals surface area (Å²) in [5.74, 6) is -1.05. The Morgan fingerprint density at radius 2 is 1.53 bits per heavy atom. The summed E-state index contributed by atoms with van der Waals surface area (Å²) in [5, 5.41) is 0. The lowest BCUT2D eigenvalue weighted by Crippen LogP contribution is -2.51. The third kappa shape index (κ3) is 1.45. The van der Waals surface area contributed by atoms with Crippen molar-refractivity contribution in [3.05, 3.63) is 35.6 Å². The van der Waals surface area contributed by atoms with Crippen LogP contribution in [0.1, 0.15) is 5.56 Å². The minimum absolute atomic E-state index is 0.278. The first-order chi connectivity index (χ1) is 7.28. The van der Waals surface area contributed by atoms with Crippen molar-refractivity contribution in [2.75, 3.05) is 19.8 Å². The SMILES string of the molecule is Fc1ccc(C23OCC(CO2)CO3)cc1. The maximum absolute atomic E-state index is 12.8. The highest BCUT2D eigenvalue weighted by atomic mass is 19.1. The van der Waals surface area contributed by atoms with Crippen LogP contribution >= 0.6 is 0 Å². The van der Waals surface area contributed by atoms with E-state index in [0.29, 0.717) is 31.3 Å². The molecule has 0 amide bonds. The number of hydrogen-bond donors (Lipinski definition) is 0. The molecule has 3 heterocycles. The molecule has 0 aromatic heterocycles. The van der Waals surface area contributed by atoms with Gasteiger partial charge in [0.05, 0.1) is 19.8 Å². The largest absolute Gasteiger partial charge is 0.323 e. The second-order valence-corrected chi connectivity index (χ2v) is 3.86. The van der Waals surface area contributed by atoms with E-state index in [1.54, 1.807) is 12.1 Å². The summed E-state index contributed by atoms with van der Waals surface area (Å²) in [5.41, 5.74) is 0.710. The monoisotopic (exact) mass is 210 g/mol. The first kappa shape index (κ1) is 9.27. The van der Waals surface area contributed by atoms with Crippen molar-refractivity contribution in [3.63, 3.8) is 0 Å². The normalized spacial score (nSPS) is 34.3. The first-order valence-electron chi connectivity index (χ1n) is 4.96. The van der Waals surface area contributed by atoms with E-state index in [0.717, 1.165) is 0 Å². The van der Waals surface area contributed by atoms with Gasteiger partial charge in [-0.1, -0.05) is 0 Å². The van der Waals surface area contributed by atoms with Crippen molar-refractivity contribution in [1.82, 2.24) is 0 Å². The Hall–Kier alpha value is -0.970. The van der Waals surface area contributed by atoms with Crippen LogP contribution in [0, 0.1) is 11.7 Å². The van der Waals surface area contributed by atoms with Gasteiger partial charge in [-0.25, -0.2) is 4.39 Å². The highest BCUT2D eigenvalue weighted by Crippen LogP contribution is 2.38. The zero-order valence-electron chi connectivity index (χ0n) is 8.11. The molecule has 0 N–H and O–H groups in total. The third-order valence-electron chi connectivity index (χ3n) is 2.72. The summed E-state index contributed by atoms with van der Waals surface area (Å²) in [7, 11) is 0. The molecule has 0 unspecified atom stereocenters. The molecular weight excluding hydrogens is 199 g/mol. The van der Waals surface area contributed by atoms with Gasteiger partial charge in [0.1, 0.15) is 5.82 Å². The summed E-state index contributed by atoms with van der Waals surface area (Å²) in [6.45, 7) is 1.91. The number of halogens is 1. The molecule has 0 radical (unpaired) electrons. The molecule has 15 heavy (non-hydrogen) atoms. The minimum atomic E-state index is -1.09. The summed E-state index contributed by atoms with van der Waals surface area (Å²) < 4.78 is 29.3. The molecule has 4 rings (SSSR count). The van der Waals surface area contributed by atoms with Crippen molar-refractivity contribution >= 4 is 0 Å². The van der Waals surface area contributed by atoms with Crippen molar-refractivity contribution in [1.29, 1.82) is 0 Å². The molecular formula is C11H11FO3. The number of fused-ring (bicyclic) bond motifs is 3. The fourth-order valence-electron chi connectivity index (χ4n) is 1.86. The number of hydrogen-bond acceptors (Lipinski definition) is 3. The lowest BCUT2D eigenvalue weighted by atomic mass is 10.1. The van der Waals surface area contributed by atoms with E-state index >= 15 is 0 Å². The quantitative estimate of drug-likeness (QED) is 0.705. The van der Waals surface area contributed by atoms with E-state index in [4.69, 9.17) is 14.2 Å². The molecule has 0 aliphatic carbocycles. The maximum atomic E-state index is 12.8. The van der Waals surface area contributed by atoms with Crippen LogP contribution in [0.25, 0.3) is 0 Å². The topological polar surface area (TPSA) is 27.7 Å². The van der Waals surface area contributed by atoms with Gasteiger partial charge in [-0.15, -0.1) is 0 Å². The summed E-state index contributed by atoms with van der Waals surface area (Å²) in [6.07, 6.45) is 0. The Morgan fingerprint density at radius 1 is 1.00 bits per heavy atom. The average Bonchev–Trinajstić information content (AvgIpc) is 2.32. The van der Waals surface area contributed by atoms with Crippen molar-refractivity contribution in [2.24, 2.45) is 5.92 Å². The van der Waals surface area contributed by atoms with Crippen LogP contribution in [0.15, 0.2) is 24.3 Å². The summed E-state index contributed by atoms with van der Waals surface area (Å²) in [6, 6.07) is 6.00. The molecule has 0 atom stereocenters. The molecule has 2 bridgehead atoms. The van der Waals surface area contributed by atoms with Crippen molar-refractivity contribution in [2.45, 2.75) is 5.97 Å². The van der Waals surface area contributed by atoms with Gasteiger partial charge in [0, 0.05) is 11.5 Å². The lowest BCUT2D eigenvalue weighted by Gasteiger charge is -2.45. The molecule has 1 aromatic rings. The Labute approximate surface area is 86.8 Å². The molecule has 0 spiro atoms. The molecule has 3 saturated heterocycles. The van der Waals surface area contributed by atoms with Crippen LogP contribution in [0.4, 0.5) is 4.39 Å². The van der Waals surface area contributed by atoms with Gasteiger partial charge in [0.25, 0.3) is 0 Å². The summed E-state index contributed by atoms with van der Waals surface area (Å²) in [4.78, 5) is 0. The molecule has 80 valence electrons. The Bertz CT molecular complexity index is 341. The van der Waals surface area contributed by atoms with Gasteiger partial charge in [-0.2, -0.15) is 0 Å². The highest BCUT2D eigenvalue weighted by molar-refractivity contribution is 5.20. The maximum Gasteiger partial charge on any atom is 0.312 e. The van der Waals surface area contributed by atoms with Crippen LogP contribution in [0.5, 0.6) is 0 Å². The molecule has 3 nitrogen and oxygen atoms in total.